The molecule has 0 fully saturated rings. The second-order valence-corrected chi connectivity index (χ2v) is 33.0. The van der Waals surface area contributed by atoms with Crippen LogP contribution in [0.2, 0.25) is 38.3 Å². The van der Waals surface area contributed by atoms with Crippen LogP contribution in [-0.4, -0.2) is 35.2 Å². The van der Waals surface area contributed by atoms with Gasteiger partial charge in [0.25, 0.3) is 0 Å². The molecule has 3 aromatic heterocycles. The van der Waals surface area contributed by atoms with Gasteiger partial charge in [0.05, 0.1) is 55.4 Å². The van der Waals surface area contributed by atoms with Gasteiger partial charge in [-0.15, -0.1) is 53.6 Å². The number of furan rings is 1. The normalized spacial score (nSPS) is 14.5. The van der Waals surface area contributed by atoms with Gasteiger partial charge in [0.15, 0.2) is 0 Å². The first-order chi connectivity index (χ1) is 38.8. The minimum Gasteiger partial charge on any atom is -0.501 e. The van der Waals surface area contributed by atoms with Crippen LogP contribution in [0.5, 0.6) is 0 Å². The van der Waals surface area contributed by atoms with Crippen molar-refractivity contribution in [2.45, 2.75) is 98.5 Å². The number of rotatable bonds is 8. The van der Waals surface area contributed by atoms with Crippen molar-refractivity contribution in [3.05, 3.63) is 216 Å². The SMILES string of the molecule is CC(C)c1cc(-c2ccc3c(c2)[Si](C)(C)CC[Si]3(C)C)cc(C(C)C)c1-n1c(-c2[c-]ccc3c2oc2cc(-c4ccccc4)ccc23)nc2ccccc21.[2H]C([2H])([2H])c1c[c-]c(-c2nc3ccccc3n2-c2c(C)cccc2C)cc1.[Ir]. The Hall–Kier alpha value is -7.20. The van der Waals surface area contributed by atoms with Gasteiger partial charge in [-0.05, 0) is 113 Å². The number of nitrogens with zero attached hydrogens (tertiary/aromatic N) is 4. The number of benzene rings is 9. The van der Waals surface area contributed by atoms with E-state index in [1.54, 1.807) is 22.5 Å². The Kier molecular flexibility index (Phi) is 13.4. The molecule has 0 bridgehead atoms. The fourth-order valence-corrected chi connectivity index (χ4v) is 22.3. The molecule has 0 atom stereocenters. The first-order valence-electron chi connectivity index (χ1n) is 29.1. The maximum atomic E-state index is 7.56. The zero-order chi connectivity index (χ0) is 56.7. The summed E-state index contributed by atoms with van der Waals surface area (Å²) in [5, 5.41) is 5.56. The number of fused-ring (bicyclic) bond motifs is 6. The molecule has 1 radical (unpaired) electrons. The van der Waals surface area contributed by atoms with E-state index >= 15 is 0 Å². The van der Waals surface area contributed by atoms with Crippen molar-refractivity contribution in [2.24, 2.45) is 0 Å². The third-order valence-electron chi connectivity index (χ3n) is 16.4. The van der Waals surface area contributed by atoms with Crippen LogP contribution in [0.15, 0.2) is 180 Å². The number of aromatic nitrogens is 4. The van der Waals surface area contributed by atoms with Crippen molar-refractivity contribution in [1.29, 1.82) is 0 Å². The second kappa shape index (κ2) is 21.1. The van der Waals surface area contributed by atoms with Crippen molar-refractivity contribution < 1.29 is 28.6 Å². The fourth-order valence-electron chi connectivity index (χ4n) is 12.0. The summed E-state index contributed by atoms with van der Waals surface area (Å²) in [7, 11) is -2.94. The molecule has 8 heteroatoms. The van der Waals surface area contributed by atoms with Gasteiger partial charge in [-0.2, -0.15) is 0 Å². The molecule has 13 rings (SSSR count). The van der Waals surface area contributed by atoms with Gasteiger partial charge in [0.1, 0.15) is 5.58 Å². The molecular weight excluding hydrogens is 1170 g/mol. The van der Waals surface area contributed by atoms with E-state index in [4.69, 9.17) is 18.5 Å². The first kappa shape index (κ1) is 50.1. The van der Waals surface area contributed by atoms with Gasteiger partial charge < -0.3 is 13.6 Å². The molecule has 4 heterocycles. The van der Waals surface area contributed by atoms with Gasteiger partial charge in [0, 0.05) is 41.0 Å². The Morgan fingerprint density at radius 3 is 1.77 bits per heavy atom. The Balaban J connectivity index is 0.000000212. The number of hydrogen-bond acceptors (Lipinski definition) is 3. The monoisotopic (exact) mass is 1240 g/mol. The van der Waals surface area contributed by atoms with E-state index in [1.807, 2.05) is 30.3 Å². The van der Waals surface area contributed by atoms with Crippen molar-refractivity contribution in [3.8, 4) is 56.4 Å². The van der Waals surface area contributed by atoms with E-state index in [-0.39, 0.29) is 37.5 Å². The van der Waals surface area contributed by atoms with Crippen LogP contribution in [0.25, 0.3) is 100 Å². The topological polar surface area (TPSA) is 48.8 Å². The maximum absolute atomic E-state index is 7.56. The van der Waals surface area contributed by atoms with E-state index < -0.39 is 23.0 Å². The summed E-state index contributed by atoms with van der Waals surface area (Å²) in [6.45, 7) is 21.7. The van der Waals surface area contributed by atoms with Crippen LogP contribution in [0.1, 0.15) is 71.5 Å². The van der Waals surface area contributed by atoms with E-state index in [0.29, 0.717) is 0 Å². The summed E-state index contributed by atoms with van der Waals surface area (Å²) >= 11 is 0. The van der Waals surface area contributed by atoms with Gasteiger partial charge >= 0.3 is 0 Å². The van der Waals surface area contributed by atoms with Crippen molar-refractivity contribution >= 4 is 70.5 Å². The van der Waals surface area contributed by atoms with Crippen LogP contribution in [-0.2, 0) is 20.1 Å². The summed E-state index contributed by atoms with van der Waals surface area (Å²) < 4.78 is 34.1. The molecule has 12 aromatic rings. The summed E-state index contributed by atoms with van der Waals surface area (Å²) in [5.74, 6) is 2.17. The van der Waals surface area contributed by atoms with Crippen LogP contribution in [0, 0.1) is 32.8 Å². The molecule has 1 aliphatic heterocycles. The number of imidazole rings is 2. The zero-order valence-corrected chi connectivity index (χ0v) is 51.2. The third-order valence-corrected chi connectivity index (χ3v) is 23.9. The van der Waals surface area contributed by atoms with Gasteiger partial charge in [-0.1, -0.05) is 197 Å². The predicted molar refractivity (Wildman–Crippen MR) is 335 cm³/mol. The Bertz CT molecular complexity index is 4330. The summed E-state index contributed by atoms with van der Waals surface area (Å²) in [4.78, 5) is 10.2. The number of hydrogen-bond donors (Lipinski definition) is 0. The molecule has 0 unspecified atom stereocenters. The second-order valence-electron chi connectivity index (χ2n) is 23.4. The molecular formula is C71H68IrN4OSi2-2. The molecule has 1 aliphatic rings. The molecule has 0 N–H and O–H groups in total. The third kappa shape index (κ3) is 9.71. The van der Waals surface area contributed by atoms with Crippen LogP contribution in [0.4, 0.5) is 0 Å². The van der Waals surface area contributed by atoms with Crippen molar-refractivity contribution in [1.82, 2.24) is 19.1 Å². The van der Waals surface area contributed by atoms with E-state index in [2.05, 4.69) is 216 Å². The molecule has 0 saturated heterocycles. The molecule has 397 valence electrons. The van der Waals surface area contributed by atoms with Crippen molar-refractivity contribution in [2.75, 3.05) is 0 Å². The van der Waals surface area contributed by atoms with Crippen LogP contribution >= 0.6 is 0 Å². The van der Waals surface area contributed by atoms with E-state index in [9.17, 15) is 0 Å². The standard InChI is InChI=1S/C49H49N2OSi2.C22H19N2.Ir/c1-31(2)40-27-36(35-22-24-45-46(30-35)54(7,8)26-25-53(45,5)6)28-41(32(3)4)47(40)51-43-20-13-12-19-42(43)50-49(51)39-18-14-17-38-37-23-21-34(29-44(37)52-48(38)39)33-15-10-9-11-16-33;1-15-11-13-18(14-12-15)22-23-19-9-4-5-10-20(19)24(22)21-16(2)7-6-8-17(21)3;/h9-17,19-24,27-32H,25-26H2,1-8H3;4-13H,1-3H3;/q2*-1;/i;1D3;. The van der Waals surface area contributed by atoms with Gasteiger partial charge in [-0.25, -0.2) is 0 Å². The molecule has 5 nitrogen and oxygen atoms in total. The summed E-state index contributed by atoms with van der Waals surface area (Å²) in [5.41, 5.74) is 19.8. The average Bonchev–Trinajstić information content (AvgIpc) is 4.32. The maximum Gasteiger partial charge on any atom is 0.121 e. The largest absolute Gasteiger partial charge is 0.501 e. The van der Waals surface area contributed by atoms with Crippen LogP contribution < -0.4 is 10.4 Å². The summed E-state index contributed by atoms with van der Waals surface area (Å²) in [6, 6.07) is 71.0. The smallest absolute Gasteiger partial charge is 0.121 e. The molecule has 0 spiro atoms. The Morgan fingerprint density at radius 2 is 1.14 bits per heavy atom. The van der Waals surface area contributed by atoms with Gasteiger partial charge in [0.2, 0.25) is 0 Å². The molecule has 0 amide bonds. The Labute approximate surface area is 486 Å². The molecule has 0 saturated carbocycles. The molecule has 0 aliphatic carbocycles. The number of para-hydroxylation sites is 5. The average molecular weight is 1240 g/mol. The minimum atomic E-state index is -2.14. The number of aryl methyl sites for hydroxylation is 3. The van der Waals surface area contributed by atoms with Gasteiger partial charge in [-0.3, -0.25) is 9.97 Å². The van der Waals surface area contributed by atoms with Crippen molar-refractivity contribution in [3.63, 3.8) is 0 Å². The molecule has 79 heavy (non-hydrogen) atoms. The fraction of sp³-hybridized carbons (Fsp3) is 0.211. The predicted octanol–water partition coefficient (Wildman–Crippen LogP) is 18.2. The summed E-state index contributed by atoms with van der Waals surface area (Å²) in [6.07, 6.45) is 0. The molecule has 9 aromatic carbocycles. The first-order valence-corrected chi connectivity index (χ1v) is 34.0. The zero-order valence-electron chi connectivity index (χ0n) is 49.8. The van der Waals surface area contributed by atoms with E-state index in [1.165, 1.54) is 51.7 Å². The van der Waals surface area contributed by atoms with E-state index in [0.717, 1.165) is 89.2 Å². The minimum absolute atomic E-state index is 0. The van der Waals surface area contributed by atoms with Crippen LogP contribution in [0.3, 0.4) is 0 Å². The Morgan fingerprint density at radius 1 is 0.544 bits per heavy atom. The quantitative estimate of drug-likeness (QED) is 0.113.